The van der Waals surface area contributed by atoms with E-state index in [0.29, 0.717) is 6.54 Å². The second-order valence-corrected chi connectivity index (χ2v) is 6.21. The van der Waals surface area contributed by atoms with Crippen LogP contribution >= 0.6 is 0 Å². The molecule has 0 amide bonds. The average Bonchev–Trinajstić information content (AvgIpc) is 2.70. The zero-order valence-electron chi connectivity index (χ0n) is 16.7. The van der Waals surface area contributed by atoms with Crippen molar-refractivity contribution in [2.24, 2.45) is 4.99 Å². The number of nitrogens with one attached hydrogen (secondary N) is 2. The molecule has 2 rings (SSSR count). The van der Waals surface area contributed by atoms with Crippen molar-refractivity contribution in [3.05, 3.63) is 47.7 Å². The van der Waals surface area contributed by atoms with E-state index in [1.54, 1.807) is 21.3 Å². The molecule has 0 spiro atoms. The predicted molar refractivity (Wildman–Crippen MR) is 110 cm³/mol. The molecule has 0 saturated carbocycles. The van der Waals surface area contributed by atoms with E-state index < -0.39 is 0 Å². The second-order valence-electron chi connectivity index (χ2n) is 6.21. The zero-order valence-corrected chi connectivity index (χ0v) is 16.7. The van der Waals surface area contributed by atoms with Crippen LogP contribution in [0.25, 0.3) is 0 Å². The molecular formula is C20H29N5O2. The first-order valence-electron chi connectivity index (χ1n) is 8.85. The number of ether oxygens (including phenoxy) is 2. The van der Waals surface area contributed by atoms with Crippen molar-refractivity contribution in [1.82, 2.24) is 15.6 Å². The Morgan fingerprint density at radius 2 is 1.81 bits per heavy atom. The highest BCUT2D eigenvalue weighted by atomic mass is 16.5. The average molecular weight is 371 g/mol. The molecule has 1 heterocycles. The van der Waals surface area contributed by atoms with Gasteiger partial charge in [-0.3, -0.25) is 4.99 Å². The summed E-state index contributed by atoms with van der Waals surface area (Å²) in [5.41, 5.74) is 2.32. The summed E-state index contributed by atoms with van der Waals surface area (Å²) in [5, 5.41) is 6.66. The number of pyridine rings is 1. The van der Waals surface area contributed by atoms with E-state index in [4.69, 9.17) is 9.47 Å². The number of aliphatic imine (C=N–C) groups is 1. The Morgan fingerprint density at radius 1 is 1.04 bits per heavy atom. The highest BCUT2D eigenvalue weighted by molar-refractivity contribution is 5.79. The van der Waals surface area contributed by atoms with E-state index >= 15 is 0 Å². The van der Waals surface area contributed by atoms with E-state index in [-0.39, 0.29) is 0 Å². The zero-order chi connectivity index (χ0) is 19.6. The molecule has 7 nitrogen and oxygen atoms in total. The number of aromatic nitrogens is 1. The number of anilines is 1. The lowest BCUT2D eigenvalue weighted by Crippen LogP contribution is -2.37. The first-order chi connectivity index (χ1) is 13.1. The number of hydrogen-bond acceptors (Lipinski definition) is 5. The summed E-state index contributed by atoms with van der Waals surface area (Å²) < 4.78 is 10.6. The number of rotatable bonds is 8. The summed E-state index contributed by atoms with van der Waals surface area (Å²) in [7, 11) is 9.01. The van der Waals surface area contributed by atoms with E-state index in [2.05, 4.69) is 26.7 Å². The van der Waals surface area contributed by atoms with E-state index in [9.17, 15) is 0 Å². The Bertz CT molecular complexity index is 762. The first kappa shape index (κ1) is 20.4. The SMILES string of the molecule is CN=C(NCCc1ccc(OC)c(OC)c1)NCc1ccnc(N(C)C)c1. The maximum Gasteiger partial charge on any atom is 0.191 e. The topological polar surface area (TPSA) is 71.0 Å². The third-order valence-corrected chi connectivity index (χ3v) is 4.11. The molecule has 0 aliphatic carbocycles. The fraction of sp³-hybridized carbons (Fsp3) is 0.400. The quantitative estimate of drug-likeness (QED) is 0.547. The molecule has 1 aromatic heterocycles. The van der Waals surface area contributed by atoms with Gasteiger partial charge in [0.25, 0.3) is 0 Å². The van der Waals surface area contributed by atoms with Crippen molar-refractivity contribution in [1.29, 1.82) is 0 Å². The maximum atomic E-state index is 5.35. The number of hydrogen-bond donors (Lipinski definition) is 2. The second kappa shape index (κ2) is 10.3. The van der Waals surface area contributed by atoms with Gasteiger partial charge in [0.1, 0.15) is 5.82 Å². The fourth-order valence-corrected chi connectivity index (χ4v) is 2.58. The van der Waals surface area contributed by atoms with Crippen molar-refractivity contribution in [2.75, 3.05) is 46.8 Å². The highest BCUT2D eigenvalue weighted by Crippen LogP contribution is 2.27. The van der Waals surface area contributed by atoms with Crippen LogP contribution in [0, 0.1) is 0 Å². The molecule has 0 aliphatic rings. The third-order valence-electron chi connectivity index (χ3n) is 4.11. The Kier molecular flexibility index (Phi) is 7.73. The third kappa shape index (κ3) is 6.06. The maximum absolute atomic E-state index is 5.35. The van der Waals surface area contributed by atoms with Gasteiger partial charge in [-0.15, -0.1) is 0 Å². The smallest absolute Gasteiger partial charge is 0.191 e. The molecule has 0 bridgehead atoms. The van der Waals surface area contributed by atoms with Gasteiger partial charge in [0.15, 0.2) is 17.5 Å². The molecule has 0 atom stereocenters. The Balaban J connectivity index is 1.85. The van der Waals surface area contributed by atoms with Crippen molar-refractivity contribution in [3.63, 3.8) is 0 Å². The van der Waals surface area contributed by atoms with Crippen LogP contribution in [0.15, 0.2) is 41.5 Å². The summed E-state index contributed by atoms with van der Waals surface area (Å²) in [6.45, 7) is 1.44. The highest BCUT2D eigenvalue weighted by Gasteiger charge is 2.05. The van der Waals surface area contributed by atoms with Crippen LogP contribution in [0.3, 0.4) is 0 Å². The summed E-state index contributed by atoms with van der Waals surface area (Å²) >= 11 is 0. The molecule has 27 heavy (non-hydrogen) atoms. The molecule has 1 aromatic carbocycles. The van der Waals surface area contributed by atoms with Crippen LogP contribution < -0.4 is 25.0 Å². The summed E-state index contributed by atoms with van der Waals surface area (Å²) in [6, 6.07) is 10.0. The van der Waals surface area contributed by atoms with Crippen LogP contribution in [0.1, 0.15) is 11.1 Å². The van der Waals surface area contributed by atoms with Crippen molar-refractivity contribution in [2.45, 2.75) is 13.0 Å². The van der Waals surface area contributed by atoms with Gasteiger partial charge >= 0.3 is 0 Å². The van der Waals surface area contributed by atoms with Crippen LogP contribution in [0.2, 0.25) is 0 Å². The fourth-order valence-electron chi connectivity index (χ4n) is 2.58. The number of methoxy groups -OCH3 is 2. The lowest BCUT2D eigenvalue weighted by Gasteiger charge is -2.15. The van der Waals surface area contributed by atoms with E-state index in [1.165, 1.54) is 5.56 Å². The van der Waals surface area contributed by atoms with Gasteiger partial charge in [-0.1, -0.05) is 6.07 Å². The standard InChI is InChI=1S/C20H29N5O2/c1-21-20(24-14-16-9-10-22-19(13-16)25(2)3)23-11-8-15-6-7-17(26-4)18(12-15)27-5/h6-7,9-10,12-13H,8,11,14H2,1-5H3,(H2,21,23,24). The summed E-state index contributed by atoms with van der Waals surface area (Å²) in [6.07, 6.45) is 2.67. The molecular weight excluding hydrogens is 342 g/mol. The predicted octanol–water partition coefficient (Wildman–Crippen LogP) is 2.07. The van der Waals surface area contributed by atoms with Crippen molar-refractivity contribution >= 4 is 11.8 Å². The number of benzene rings is 1. The molecule has 2 N–H and O–H groups in total. The van der Waals surface area contributed by atoms with Crippen LogP contribution in [-0.4, -0.2) is 52.9 Å². The molecule has 7 heteroatoms. The number of nitrogens with zero attached hydrogens (tertiary/aromatic N) is 3. The van der Waals surface area contributed by atoms with Crippen molar-refractivity contribution < 1.29 is 9.47 Å². The van der Waals surface area contributed by atoms with Crippen LogP contribution in [0.5, 0.6) is 11.5 Å². The van der Waals surface area contributed by atoms with Gasteiger partial charge in [-0.25, -0.2) is 4.98 Å². The molecule has 2 aromatic rings. The Labute approximate surface area is 161 Å². The molecule has 0 radical (unpaired) electrons. The lowest BCUT2D eigenvalue weighted by atomic mass is 10.1. The van der Waals surface area contributed by atoms with Crippen molar-refractivity contribution in [3.8, 4) is 11.5 Å². The molecule has 146 valence electrons. The lowest BCUT2D eigenvalue weighted by molar-refractivity contribution is 0.354. The van der Waals surface area contributed by atoms with Crippen LogP contribution in [0.4, 0.5) is 5.82 Å². The molecule has 0 saturated heterocycles. The minimum atomic E-state index is 0.680. The first-order valence-corrected chi connectivity index (χ1v) is 8.85. The summed E-state index contributed by atoms with van der Waals surface area (Å²) in [4.78, 5) is 10.6. The minimum absolute atomic E-state index is 0.680. The largest absolute Gasteiger partial charge is 0.493 e. The van der Waals surface area contributed by atoms with Gasteiger partial charge in [-0.2, -0.15) is 0 Å². The van der Waals surface area contributed by atoms with Gasteiger partial charge in [0.2, 0.25) is 0 Å². The van der Waals surface area contributed by atoms with E-state index in [1.807, 2.05) is 49.5 Å². The minimum Gasteiger partial charge on any atom is -0.493 e. The monoisotopic (exact) mass is 371 g/mol. The van der Waals surface area contributed by atoms with E-state index in [0.717, 1.165) is 41.8 Å². The normalized spacial score (nSPS) is 11.1. The molecule has 0 fully saturated rings. The van der Waals surface area contributed by atoms with Gasteiger partial charge in [-0.05, 0) is 41.8 Å². The Hall–Kier alpha value is -2.96. The van der Waals surface area contributed by atoms with Gasteiger partial charge < -0.3 is 25.0 Å². The van der Waals surface area contributed by atoms with Gasteiger partial charge in [0, 0.05) is 40.4 Å². The van der Waals surface area contributed by atoms with Crippen LogP contribution in [-0.2, 0) is 13.0 Å². The molecule has 0 unspecified atom stereocenters. The Morgan fingerprint density at radius 3 is 2.48 bits per heavy atom. The van der Waals surface area contributed by atoms with Gasteiger partial charge in [0.05, 0.1) is 14.2 Å². The molecule has 0 aliphatic heterocycles. The summed E-state index contributed by atoms with van der Waals surface area (Å²) in [5.74, 6) is 3.18. The number of guanidine groups is 1.